The minimum atomic E-state index is -3.40. The number of hydrogen-bond acceptors (Lipinski definition) is 3. The van der Waals surface area contributed by atoms with Crippen molar-refractivity contribution in [3.05, 3.63) is 35.9 Å². The Balaban J connectivity index is 1.53. The molecule has 0 bridgehead atoms. The standard InChI is InChI=1S/C18H28N4O3S/c23-18(19-16-17-8-3-1-4-9-17)20-10-7-13-22(15-14-20)26(24,25)21-11-5-2-6-12-21/h1,3-4,8-9H,2,5-7,10-16H2,(H,19,23). The summed E-state index contributed by atoms with van der Waals surface area (Å²) < 4.78 is 28.8. The van der Waals surface area contributed by atoms with Crippen LogP contribution in [0.2, 0.25) is 0 Å². The highest BCUT2D eigenvalue weighted by Gasteiger charge is 2.32. The lowest BCUT2D eigenvalue weighted by molar-refractivity contribution is 0.199. The fourth-order valence-corrected chi connectivity index (χ4v) is 5.19. The molecule has 0 aliphatic carbocycles. The molecule has 3 rings (SSSR count). The zero-order valence-electron chi connectivity index (χ0n) is 15.1. The molecule has 2 heterocycles. The minimum absolute atomic E-state index is 0.133. The van der Waals surface area contributed by atoms with Crippen LogP contribution in [0.15, 0.2) is 30.3 Å². The Morgan fingerprint density at radius 2 is 1.50 bits per heavy atom. The molecule has 0 unspecified atom stereocenters. The van der Waals surface area contributed by atoms with Gasteiger partial charge in [-0.1, -0.05) is 36.8 Å². The van der Waals surface area contributed by atoms with E-state index >= 15 is 0 Å². The van der Waals surface area contributed by atoms with Crippen LogP contribution in [0.1, 0.15) is 31.2 Å². The van der Waals surface area contributed by atoms with E-state index in [9.17, 15) is 13.2 Å². The predicted molar refractivity (Wildman–Crippen MR) is 101 cm³/mol. The molecule has 144 valence electrons. The van der Waals surface area contributed by atoms with Crippen molar-refractivity contribution in [2.24, 2.45) is 0 Å². The SMILES string of the molecule is O=C(NCc1ccccc1)N1CCCN(S(=O)(=O)N2CCCCC2)CC1. The van der Waals surface area contributed by atoms with Crippen LogP contribution in [0.25, 0.3) is 0 Å². The lowest BCUT2D eigenvalue weighted by Gasteiger charge is -2.31. The van der Waals surface area contributed by atoms with Gasteiger partial charge in [-0.2, -0.15) is 17.0 Å². The van der Waals surface area contributed by atoms with Crippen LogP contribution in [-0.4, -0.2) is 67.2 Å². The lowest BCUT2D eigenvalue weighted by atomic mass is 10.2. The average Bonchev–Trinajstić information content (AvgIpc) is 2.94. The van der Waals surface area contributed by atoms with Crippen molar-refractivity contribution < 1.29 is 13.2 Å². The molecular weight excluding hydrogens is 352 g/mol. The number of amides is 2. The van der Waals surface area contributed by atoms with Gasteiger partial charge in [-0.15, -0.1) is 0 Å². The largest absolute Gasteiger partial charge is 0.334 e. The molecule has 2 aliphatic rings. The highest BCUT2D eigenvalue weighted by Crippen LogP contribution is 2.18. The van der Waals surface area contributed by atoms with Crippen LogP contribution < -0.4 is 5.32 Å². The molecule has 0 saturated carbocycles. The molecule has 1 N–H and O–H groups in total. The van der Waals surface area contributed by atoms with Gasteiger partial charge in [0.15, 0.2) is 0 Å². The Labute approximate surface area is 156 Å². The van der Waals surface area contributed by atoms with E-state index < -0.39 is 10.2 Å². The quantitative estimate of drug-likeness (QED) is 0.863. The first-order chi connectivity index (χ1) is 12.6. The summed E-state index contributed by atoms with van der Waals surface area (Å²) in [5.74, 6) is 0. The van der Waals surface area contributed by atoms with Crippen molar-refractivity contribution >= 4 is 16.2 Å². The number of urea groups is 1. The van der Waals surface area contributed by atoms with Gasteiger partial charge in [0, 0.05) is 45.8 Å². The summed E-state index contributed by atoms with van der Waals surface area (Å²) in [6.45, 7) is 3.53. The maximum atomic E-state index is 12.8. The molecule has 0 radical (unpaired) electrons. The molecule has 2 aliphatic heterocycles. The second-order valence-electron chi connectivity index (χ2n) is 6.85. The molecule has 1 aromatic rings. The first-order valence-electron chi connectivity index (χ1n) is 9.39. The Kier molecular flexibility index (Phi) is 6.50. The van der Waals surface area contributed by atoms with Gasteiger partial charge in [0.25, 0.3) is 10.2 Å². The number of nitrogens with one attached hydrogen (secondary N) is 1. The van der Waals surface area contributed by atoms with E-state index in [0.717, 1.165) is 24.8 Å². The summed E-state index contributed by atoms with van der Waals surface area (Å²) in [6.07, 6.45) is 3.62. The third-order valence-electron chi connectivity index (χ3n) is 5.00. The summed E-state index contributed by atoms with van der Waals surface area (Å²) in [5.41, 5.74) is 1.05. The molecule has 2 saturated heterocycles. The number of hydrogen-bond donors (Lipinski definition) is 1. The fraction of sp³-hybridized carbons (Fsp3) is 0.611. The molecule has 0 spiro atoms. The van der Waals surface area contributed by atoms with E-state index in [1.807, 2.05) is 30.3 Å². The van der Waals surface area contributed by atoms with Crippen molar-refractivity contribution in [3.8, 4) is 0 Å². The predicted octanol–water partition coefficient (Wildman–Crippen LogP) is 1.63. The molecule has 7 nitrogen and oxygen atoms in total. The highest BCUT2D eigenvalue weighted by molar-refractivity contribution is 7.86. The van der Waals surface area contributed by atoms with Gasteiger partial charge in [0.1, 0.15) is 0 Å². The molecule has 26 heavy (non-hydrogen) atoms. The van der Waals surface area contributed by atoms with Gasteiger partial charge < -0.3 is 10.2 Å². The Morgan fingerprint density at radius 3 is 2.23 bits per heavy atom. The first-order valence-corrected chi connectivity index (χ1v) is 10.8. The normalized spacial score (nSPS) is 20.5. The van der Waals surface area contributed by atoms with Crippen molar-refractivity contribution in [3.63, 3.8) is 0 Å². The van der Waals surface area contributed by atoms with Crippen LogP contribution >= 0.6 is 0 Å². The van der Waals surface area contributed by atoms with Crippen molar-refractivity contribution in [2.75, 3.05) is 39.3 Å². The van der Waals surface area contributed by atoms with Gasteiger partial charge in [0.05, 0.1) is 0 Å². The van der Waals surface area contributed by atoms with Crippen molar-refractivity contribution in [1.29, 1.82) is 0 Å². The summed E-state index contributed by atoms with van der Waals surface area (Å²) in [4.78, 5) is 14.1. The van der Waals surface area contributed by atoms with Gasteiger partial charge in [0.2, 0.25) is 0 Å². The summed E-state index contributed by atoms with van der Waals surface area (Å²) in [6, 6.07) is 9.63. The minimum Gasteiger partial charge on any atom is -0.334 e. The highest BCUT2D eigenvalue weighted by atomic mass is 32.2. The summed E-state index contributed by atoms with van der Waals surface area (Å²) >= 11 is 0. The number of carbonyl (C=O) groups excluding carboxylic acids is 1. The van der Waals surface area contributed by atoms with Crippen molar-refractivity contribution in [1.82, 2.24) is 18.8 Å². The van der Waals surface area contributed by atoms with Gasteiger partial charge >= 0.3 is 6.03 Å². The topological polar surface area (TPSA) is 73.0 Å². The van der Waals surface area contributed by atoms with E-state index in [-0.39, 0.29) is 6.03 Å². The van der Waals surface area contributed by atoms with Gasteiger partial charge in [-0.3, -0.25) is 0 Å². The molecule has 8 heteroatoms. The Hall–Kier alpha value is -1.64. The summed E-state index contributed by atoms with van der Waals surface area (Å²) in [5, 5.41) is 2.92. The Bertz CT molecular complexity index is 690. The molecule has 0 atom stereocenters. The van der Waals surface area contributed by atoms with Gasteiger partial charge in [-0.05, 0) is 24.8 Å². The second kappa shape index (κ2) is 8.83. The summed E-state index contributed by atoms with van der Waals surface area (Å²) in [7, 11) is -3.40. The Morgan fingerprint density at radius 1 is 0.846 bits per heavy atom. The number of rotatable bonds is 4. The zero-order valence-corrected chi connectivity index (χ0v) is 16.0. The van der Waals surface area contributed by atoms with E-state index in [0.29, 0.717) is 52.2 Å². The number of piperidine rings is 1. The smallest absolute Gasteiger partial charge is 0.317 e. The first kappa shape index (κ1) is 19.1. The molecule has 0 aromatic heterocycles. The van der Waals surface area contributed by atoms with Crippen LogP contribution in [0.4, 0.5) is 4.79 Å². The van der Waals surface area contributed by atoms with Crippen LogP contribution in [0, 0.1) is 0 Å². The third kappa shape index (κ3) is 4.75. The van der Waals surface area contributed by atoms with E-state index in [2.05, 4.69) is 5.32 Å². The van der Waals surface area contributed by atoms with Gasteiger partial charge in [-0.25, -0.2) is 4.79 Å². The van der Waals surface area contributed by atoms with E-state index in [1.54, 1.807) is 13.5 Å². The maximum absolute atomic E-state index is 12.8. The van der Waals surface area contributed by atoms with Crippen LogP contribution in [0.3, 0.4) is 0 Å². The second-order valence-corrected chi connectivity index (χ2v) is 8.78. The number of benzene rings is 1. The monoisotopic (exact) mass is 380 g/mol. The molecular formula is C18H28N4O3S. The average molecular weight is 381 g/mol. The van der Waals surface area contributed by atoms with Crippen LogP contribution in [0.5, 0.6) is 0 Å². The van der Waals surface area contributed by atoms with E-state index in [1.165, 1.54) is 0 Å². The molecule has 2 fully saturated rings. The molecule has 1 aromatic carbocycles. The van der Waals surface area contributed by atoms with E-state index in [4.69, 9.17) is 0 Å². The molecule has 2 amide bonds. The fourth-order valence-electron chi connectivity index (χ4n) is 3.47. The number of nitrogens with zero attached hydrogens (tertiary/aromatic N) is 3. The number of carbonyl (C=O) groups is 1. The lowest BCUT2D eigenvalue weighted by Crippen LogP contribution is -2.47. The third-order valence-corrected chi connectivity index (χ3v) is 7.03. The maximum Gasteiger partial charge on any atom is 0.317 e. The van der Waals surface area contributed by atoms with Crippen molar-refractivity contribution in [2.45, 2.75) is 32.2 Å². The van der Waals surface area contributed by atoms with Crippen LogP contribution in [-0.2, 0) is 16.8 Å². The zero-order chi connectivity index (χ0) is 18.4.